The highest BCUT2D eigenvalue weighted by molar-refractivity contribution is 5.98. The largest absolute Gasteiger partial charge is 0.323 e. The van der Waals surface area contributed by atoms with Crippen molar-refractivity contribution >= 4 is 24.0 Å². The van der Waals surface area contributed by atoms with Crippen molar-refractivity contribution in [3.05, 3.63) is 36.5 Å². The second-order valence-electron chi connectivity index (χ2n) is 6.13. The van der Waals surface area contributed by atoms with Crippen LogP contribution in [0.3, 0.4) is 0 Å². The number of pyridine rings is 1. The molecule has 2 atom stereocenters. The highest BCUT2D eigenvalue weighted by atomic mass is 16.5. The number of aromatic nitrogens is 1. The Morgan fingerprint density at radius 3 is 2.96 bits per heavy atom. The van der Waals surface area contributed by atoms with Crippen LogP contribution in [-0.2, 0) is 14.4 Å². The zero-order valence-corrected chi connectivity index (χ0v) is 14.7. The molecule has 3 amide bonds. The van der Waals surface area contributed by atoms with Gasteiger partial charge in [-0.15, -0.1) is 0 Å². The molecule has 140 valence electrons. The Labute approximate surface area is 152 Å². The van der Waals surface area contributed by atoms with E-state index in [0.29, 0.717) is 23.8 Å². The number of carbonyl (C=O) groups excluding carboxylic acids is 3. The summed E-state index contributed by atoms with van der Waals surface area (Å²) in [5.41, 5.74) is 0. The average molecular weight is 360 g/mol. The van der Waals surface area contributed by atoms with Crippen LogP contribution in [0.25, 0.3) is 0 Å². The summed E-state index contributed by atoms with van der Waals surface area (Å²) in [6.45, 7) is 2.22. The van der Waals surface area contributed by atoms with Crippen LogP contribution in [0.2, 0.25) is 0 Å². The topological polar surface area (TPSA) is 103 Å². The van der Waals surface area contributed by atoms with E-state index in [1.54, 1.807) is 36.5 Å². The molecule has 1 aromatic heterocycles. The van der Waals surface area contributed by atoms with Gasteiger partial charge in [-0.2, -0.15) is 0 Å². The average Bonchev–Trinajstić information content (AvgIpc) is 3.15. The fourth-order valence-electron chi connectivity index (χ4n) is 2.86. The maximum Gasteiger partial charge on any atom is 0.252 e. The number of carbonyl (C=O) groups is 3. The van der Waals surface area contributed by atoms with Gasteiger partial charge in [-0.25, -0.2) is 10.0 Å². The van der Waals surface area contributed by atoms with Gasteiger partial charge in [0.1, 0.15) is 11.9 Å². The summed E-state index contributed by atoms with van der Waals surface area (Å²) >= 11 is 0. The van der Waals surface area contributed by atoms with Crippen LogP contribution in [0.1, 0.15) is 26.2 Å². The van der Waals surface area contributed by atoms with Crippen LogP contribution in [0, 0.1) is 5.92 Å². The van der Waals surface area contributed by atoms with Crippen molar-refractivity contribution in [2.75, 3.05) is 18.4 Å². The molecule has 0 aromatic carbocycles. The molecule has 1 aromatic rings. The summed E-state index contributed by atoms with van der Waals surface area (Å²) in [7, 11) is 0. The molecule has 0 fully saturated rings. The number of hydroxylamine groups is 2. The normalized spacial score (nSPS) is 17.0. The summed E-state index contributed by atoms with van der Waals surface area (Å²) in [5.74, 6) is -0.757. The first-order chi connectivity index (χ1) is 12.6. The number of nitrogens with zero attached hydrogens (tertiary/aromatic N) is 3. The summed E-state index contributed by atoms with van der Waals surface area (Å²) in [6, 6.07) is 4.43. The first kappa shape index (κ1) is 19.6. The lowest BCUT2D eigenvalue weighted by Gasteiger charge is -2.29. The molecular weight excluding hydrogens is 336 g/mol. The van der Waals surface area contributed by atoms with Crippen LogP contribution in [-0.4, -0.2) is 57.5 Å². The predicted octanol–water partition coefficient (Wildman–Crippen LogP) is 1.44. The quantitative estimate of drug-likeness (QED) is 0.300. The third-order valence-corrected chi connectivity index (χ3v) is 4.21. The molecule has 0 unspecified atom stereocenters. The van der Waals surface area contributed by atoms with E-state index in [2.05, 4.69) is 10.3 Å². The lowest BCUT2D eigenvalue weighted by atomic mass is 9.99. The SMILES string of the molecule is CCCC[C@H](CN(O)C=O)C(=O)N1CC=C[C@H]1C(=O)Nc1ccccn1. The highest BCUT2D eigenvalue weighted by Gasteiger charge is 2.34. The van der Waals surface area contributed by atoms with E-state index in [1.807, 2.05) is 6.92 Å². The number of nitrogens with one attached hydrogen (secondary N) is 1. The number of anilines is 1. The van der Waals surface area contributed by atoms with Gasteiger partial charge < -0.3 is 10.2 Å². The van der Waals surface area contributed by atoms with Crippen molar-refractivity contribution in [3.8, 4) is 0 Å². The Morgan fingerprint density at radius 2 is 2.31 bits per heavy atom. The van der Waals surface area contributed by atoms with E-state index in [1.165, 1.54) is 4.90 Å². The van der Waals surface area contributed by atoms with Crippen LogP contribution < -0.4 is 5.32 Å². The minimum atomic E-state index is -0.739. The highest BCUT2D eigenvalue weighted by Crippen LogP contribution is 2.20. The molecule has 1 aliphatic heterocycles. The maximum atomic E-state index is 12.9. The molecule has 2 heterocycles. The zero-order chi connectivity index (χ0) is 18.9. The van der Waals surface area contributed by atoms with E-state index in [4.69, 9.17) is 0 Å². The van der Waals surface area contributed by atoms with Crippen LogP contribution >= 0.6 is 0 Å². The molecule has 2 N–H and O–H groups in total. The molecule has 26 heavy (non-hydrogen) atoms. The molecule has 0 aliphatic carbocycles. The third kappa shape index (κ3) is 5.13. The van der Waals surface area contributed by atoms with Gasteiger partial charge in [0.25, 0.3) is 5.91 Å². The first-order valence-corrected chi connectivity index (χ1v) is 8.66. The number of rotatable bonds is 9. The molecule has 2 rings (SSSR count). The van der Waals surface area contributed by atoms with Crippen molar-refractivity contribution in [1.29, 1.82) is 0 Å². The van der Waals surface area contributed by atoms with Gasteiger partial charge in [0, 0.05) is 12.7 Å². The molecule has 0 saturated heterocycles. The Bertz CT molecular complexity index is 650. The Morgan fingerprint density at radius 1 is 1.50 bits per heavy atom. The van der Waals surface area contributed by atoms with Gasteiger partial charge >= 0.3 is 0 Å². The number of amides is 3. The lowest BCUT2D eigenvalue weighted by molar-refractivity contribution is -0.157. The van der Waals surface area contributed by atoms with Crippen molar-refractivity contribution in [2.24, 2.45) is 5.92 Å². The van der Waals surface area contributed by atoms with Gasteiger partial charge in [0.05, 0.1) is 12.5 Å². The summed E-state index contributed by atoms with van der Waals surface area (Å²) in [5, 5.41) is 12.6. The lowest BCUT2D eigenvalue weighted by Crippen LogP contribution is -2.48. The van der Waals surface area contributed by atoms with E-state index in [-0.39, 0.29) is 24.8 Å². The van der Waals surface area contributed by atoms with Crippen molar-refractivity contribution in [3.63, 3.8) is 0 Å². The first-order valence-electron chi connectivity index (χ1n) is 8.66. The van der Waals surface area contributed by atoms with Gasteiger partial charge in [0.2, 0.25) is 12.3 Å². The fraction of sp³-hybridized carbons (Fsp3) is 0.444. The van der Waals surface area contributed by atoms with Crippen LogP contribution in [0.4, 0.5) is 5.82 Å². The minimum Gasteiger partial charge on any atom is -0.323 e. The second kappa shape index (κ2) is 9.67. The number of hydrogen-bond acceptors (Lipinski definition) is 5. The molecule has 0 saturated carbocycles. The molecule has 8 heteroatoms. The number of hydrogen-bond donors (Lipinski definition) is 2. The molecule has 0 radical (unpaired) electrons. The maximum absolute atomic E-state index is 12.9. The summed E-state index contributed by atoms with van der Waals surface area (Å²) < 4.78 is 0. The van der Waals surface area contributed by atoms with Crippen molar-refractivity contribution in [2.45, 2.75) is 32.2 Å². The Kier molecular flexibility index (Phi) is 7.28. The molecule has 0 spiro atoms. The Hall–Kier alpha value is -2.74. The third-order valence-electron chi connectivity index (χ3n) is 4.21. The Balaban J connectivity index is 2.07. The van der Waals surface area contributed by atoms with Gasteiger partial charge in [0.15, 0.2) is 0 Å². The smallest absolute Gasteiger partial charge is 0.252 e. The van der Waals surface area contributed by atoms with E-state index in [9.17, 15) is 19.6 Å². The summed E-state index contributed by atoms with van der Waals surface area (Å²) in [6.07, 6.45) is 7.48. The fourth-order valence-corrected chi connectivity index (χ4v) is 2.86. The van der Waals surface area contributed by atoms with Crippen molar-refractivity contribution in [1.82, 2.24) is 14.9 Å². The molecule has 0 bridgehead atoms. The second-order valence-corrected chi connectivity index (χ2v) is 6.13. The number of unbranched alkanes of at least 4 members (excludes halogenated alkanes) is 1. The van der Waals surface area contributed by atoms with Gasteiger partial charge in [-0.3, -0.25) is 19.6 Å². The van der Waals surface area contributed by atoms with E-state index < -0.39 is 12.0 Å². The van der Waals surface area contributed by atoms with E-state index in [0.717, 1.165) is 12.8 Å². The summed E-state index contributed by atoms with van der Waals surface area (Å²) in [4.78, 5) is 41.6. The molecule has 1 aliphatic rings. The zero-order valence-electron chi connectivity index (χ0n) is 14.7. The molecular formula is C18H24N4O4. The monoisotopic (exact) mass is 360 g/mol. The van der Waals surface area contributed by atoms with Gasteiger partial charge in [-0.05, 0) is 18.6 Å². The van der Waals surface area contributed by atoms with Crippen molar-refractivity contribution < 1.29 is 19.6 Å². The predicted molar refractivity (Wildman–Crippen MR) is 95.1 cm³/mol. The van der Waals surface area contributed by atoms with Gasteiger partial charge in [-0.1, -0.05) is 38.0 Å². The van der Waals surface area contributed by atoms with E-state index >= 15 is 0 Å². The van der Waals surface area contributed by atoms with Crippen LogP contribution in [0.5, 0.6) is 0 Å². The standard InChI is InChI=1S/C18H24N4O4/c1-2-3-7-14(12-21(26)13-23)18(25)22-11-6-8-15(22)17(24)20-16-9-4-5-10-19-16/h4-6,8-10,13-15,26H,2-3,7,11-12H2,1H3,(H,19,20,24)/t14-,15+/m1/s1. The minimum absolute atomic E-state index is 0.0899. The van der Waals surface area contributed by atoms with Crippen LogP contribution in [0.15, 0.2) is 36.5 Å². The molecule has 8 nitrogen and oxygen atoms in total.